The molecule has 0 aliphatic rings. The first kappa shape index (κ1) is 18.3. The van der Waals surface area contributed by atoms with Crippen LogP contribution in [-0.2, 0) is 14.6 Å². The van der Waals surface area contributed by atoms with Crippen LogP contribution in [0.15, 0.2) is 51.8 Å². The van der Waals surface area contributed by atoms with Gasteiger partial charge in [-0.15, -0.1) is 0 Å². The molecule has 0 spiro atoms. The van der Waals surface area contributed by atoms with Crippen LogP contribution >= 0.6 is 15.9 Å². The second-order valence-corrected chi connectivity index (χ2v) is 7.83. The fourth-order valence-electron chi connectivity index (χ4n) is 1.81. The van der Waals surface area contributed by atoms with Crippen molar-refractivity contribution in [1.82, 2.24) is 0 Å². The van der Waals surface area contributed by atoms with Crippen LogP contribution in [0, 0.1) is 11.6 Å². The van der Waals surface area contributed by atoms with Crippen LogP contribution in [0.1, 0.15) is 5.56 Å². The summed E-state index contributed by atoms with van der Waals surface area (Å²) in [6, 6.07) is 7.30. The number of hydrogen-bond acceptors (Lipinski definition) is 3. The van der Waals surface area contributed by atoms with Crippen molar-refractivity contribution in [2.24, 2.45) is 0 Å². The Morgan fingerprint density at radius 2 is 1.79 bits per heavy atom. The van der Waals surface area contributed by atoms with Gasteiger partial charge in [-0.25, -0.2) is 17.2 Å². The van der Waals surface area contributed by atoms with Gasteiger partial charge < -0.3 is 5.32 Å². The predicted molar refractivity (Wildman–Crippen MR) is 91.3 cm³/mol. The number of rotatable bonds is 4. The van der Waals surface area contributed by atoms with Gasteiger partial charge in [0.1, 0.15) is 11.6 Å². The lowest BCUT2D eigenvalue weighted by Gasteiger charge is -2.06. The average molecular weight is 416 g/mol. The van der Waals surface area contributed by atoms with Gasteiger partial charge in [0.25, 0.3) is 0 Å². The maximum absolute atomic E-state index is 13.7. The summed E-state index contributed by atoms with van der Waals surface area (Å²) >= 11 is 3.19. The Hall–Kier alpha value is -2.06. The quantitative estimate of drug-likeness (QED) is 0.610. The summed E-state index contributed by atoms with van der Waals surface area (Å²) in [6.45, 7) is 0. The van der Waals surface area contributed by atoms with E-state index >= 15 is 0 Å². The predicted octanol–water partition coefficient (Wildman–Crippen LogP) is 3.78. The Labute approximate surface area is 146 Å². The second kappa shape index (κ2) is 7.23. The van der Waals surface area contributed by atoms with E-state index in [0.717, 1.165) is 30.5 Å². The Morgan fingerprint density at radius 3 is 2.46 bits per heavy atom. The van der Waals surface area contributed by atoms with Crippen LogP contribution in [0.25, 0.3) is 6.08 Å². The van der Waals surface area contributed by atoms with Crippen LogP contribution in [0.3, 0.4) is 0 Å². The monoisotopic (exact) mass is 415 g/mol. The third-order valence-electron chi connectivity index (χ3n) is 3.00. The molecule has 0 aliphatic heterocycles. The molecule has 0 saturated carbocycles. The van der Waals surface area contributed by atoms with Gasteiger partial charge in [0, 0.05) is 22.4 Å². The summed E-state index contributed by atoms with van der Waals surface area (Å²) in [7, 11) is -3.53. The molecule has 126 valence electrons. The lowest BCUT2D eigenvalue weighted by atomic mass is 10.2. The van der Waals surface area contributed by atoms with Crippen molar-refractivity contribution in [3.8, 4) is 0 Å². The van der Waals surface area contributed by atoms with Crippen LogP contribution < -0.4 is 5.32 Å². The first-order valence-electron chi connectivity index (χ1n) is 6.60. The van der Waals surface area contributed by atoms with Crippen LogP contribution in [-0.4, -0.2) is 20.6 Å². The normalized spacial score (nSPS) is 11.7. The van der Waals surface area contributed by atoms with Crippen molar-refractivity contribution >= 4 is 43.4 Å². The molecule has 0 aromatic heterocycles. The van der Waals surface area contributed by atoms with Crippen molar-refractivity contribution in [1.29, 1.82) is 0 Å². The maximum Gasteiger partial charge on any atom is 0.248 e. The molecular formula is C16H12BrF2NO3S. The molecule has 2 rings (SSSR count). The molecular weight excluding hydrogens is 404 g/mol. The Balaban J connectivity index is 2.21. The van der Waals surface area contributed by atoms with Gasteiger partial charge in [-0.3, -0.25) is 4.79 Å². The Kier molecular flexibility index (Phi) is 5.51. The molecule has 0 bridgehead atoms. The number of hydrogen-bond donors (Lipinski definition) is 1. The highest BCUT2D eigenvalue weighted by Gasteiger charge is 2.12. The highest BCUT2D eigenvalue weighted by atomic mass is 79.9. The Morgan fingerprint density at radius 1 is 1.12 bits per heavy atom. The molecule has 2 aromatic carbocycles. The Bertz CT molecular complexity index is 927. The van der Waals surface area contributed by atoms with Gasteiger partial charge in [-0.05, 0) is 42.5 Å². The molecule has 24 heavy (non-hydrogen) atoms. The minimum atomic E-state index is -3.53. The number of anilines is 1. The molecule has 0 atom stereocenters. The van der Waals surface area contributed by atoms with E-state index in [-0.39, 0.29) is 16.1 Å². The molecule has 0 heterocycles. The summed E-state index contributed by atoms with van der Waals surface area (Å²) in [5.74, 6) is -2.02. The van der Waals surface area contributed by atoms with Gasteiger partial charge in [0.05, 0.1) is 10.6 Å². The van der Waals surface area contributed by atoms with Crippen molar-refractivity contribution in [3.05, 3.63) is 64.1 Å². The van der Waals surface area contributed by atoms with E-state index < -0.39 is 27.4 Å². The van der Waals surface area contributed by atoms with Crippen LogP contribution in [0.2, 0.25) is 0 Å². The van der Waals surface area contributed by atoms with E-state index in [0.29, 0.717) is 4.47 Å². The second-order valence-electron chi connectivity index (χ2n) is 4.90. The summed E-state index contributed by atoms with van der Waals surface area (Å²) in [4.78, 5) is 11.7. The largest absolute Gasteiger partial charge is 0.320 e. The van der Waals surface area contributed by atoms with Gasteiger partial charge in [0.15, 0.2) is 9.84 Å². The number of carbonyl (C=O) groups excluding carboxylic acids is 1. The molecule has 8 heteroatoms. The highest BCUT2D eigenvalue weighted by Crippen LogP contribution is 2.20. The van der Waals surface area contributed by atoms with E-state index in [4.69, 9.17) is 0 Å². The molecule has 4 nitrogen and oxygen atoms in total. The molecule has 0 radical (unpaired) electrons. The van der Waals surface area contributed by atoms with Gasteiger partial charge in [-0.2, -0.15) is 0 Å². The van der Waals surface area contributed by atoms with E-state index in [1.165, 1.54) is 24.3 Å². The highest BCUT2D eigenvalue weighted by molar-refractivity contribution is 9.10. The molecule has 0 saturated heterocycles. The topological polar surface area (TPSA) is 63.2 Å². The zero-order valence-corrected chi connectivity index (χ0v) is 14.8. The maximum atomic E-state index is 13.7. The summed E-state index contributed by atoms with van der Waals surface area (Å²) in [6.07, 6.45) is 3.23. The number of halogens is 3. The van der Waals surface area contributed by atoms with Crippen molar-refractivity contribution in [2.45, 2.75) is 4.90 Å². The molecule has 2 aromatic rings. The van der Waals surface area contributed by atoms with Crippen molar-refractivity contribution in [2.75, 3.05) is 11.6 Å². The fraction of sp³-hybridized carbons (Fsp3) is 0.0625. The van der Waals surface area contributed by atoms with E-state index in [1.54, 1.807) is 0 Å². The molecule has 0 fully saturated rings. The van der Waals surface area contributed by atoms with Crippen molar-refractivity contribution < 1.29 is 22.0 Å². The summed E-state index contributed by atoms with van der Waals surface area (Å²) in [5.41, 5.74) is -0.104. The average Bonchev–Trinajstić information content (AvgIpc) is 2.49. The summed E-state index contributed by atoms with van der Waals surface area (Å²) < 4.78 is 50.8. The van der Waals surface area contributed by atoms with E-state index in [1.807, 2.05) is 0 Å². The zero-order chi connectivity index (χ0) is 17.9. The molecule has 1 amide bonds. The number of sulfone groups is 1. The van der Waals surface area contributed by atoms with Crippen LogP contribution in [0.5, 0.6) is 0 Å². The van der Waals surface area contributed by atoms with E-state index in [2.05, 4.69) is 21.2 Å². The fourth-order valence-corrected chi connectivity index (χ4v) is 2.84. The van der Waals surface area contributed by atoms with Crippen molar-refractivity contribution in [3.63, 3.8) is 0 Å². The SMILES string of the molecule is CS(=O)(=O)c1ccc(F)c(NC(=O)/C=C/c2cc(Br)ccc2F)c1. The first-order valence-corrected chi connectivity index (χ1v) is 9.29. The standard InChI is InChI=1S/C16H12BrF2NO3S/c1-24(22,23)12-4-6-14(19)15(9-12)20-16(21)7-2-10-8-11(17)3-5-13(10)18/h2-9H,1H3,(H,20,21)/b7-2+. The number of benzene rings is 2. The smallest absolute Gasteiger partial charge is 0.248 e. The lowest BCUT2D eigenvalue weighted by molar-refractivity contribution is -0.111. The van der Waals surface area contributed by atoms with Crippen LogP contribution in [0.4, 0.5) is 14.5 Å². The summed E-state index contributed by atoms with van der Waals surface area (Å²) in [5, 5.41) is 2.23. The number of carbonyl (C=O) groups is 1. The first-order chi connectivity index (χ1) is 11.2. The van der Waals surface area contributed by atoms with Gasteiger partial charge in [0.2, 0.25) is 5.91 Å². The van der Waals surface area contributed by atoms with Gasteiger partial charge >= 0.3 is 0 Å². The molecule has 0 unspecified atom stereocenters. The lowest BCUT2D eigenvalue weighted by Crippen LogP contribution is -2.10. The number of amides is 1. The molecule has 0 aliphatic carbocycles. The van der Waals surface area contributed by atoms with Gasteiger partial charge in [-0.1, -0.05) is 15.9 Å². The third kappa shape index (κ3) is 4.72. The minimum Gasteiger partial charge on any atom is -0.320 e. The third-order valence-corrected chi connectivity index (χ3v) is 4.60. The molecule has 1 N–H and O–H groups in total. The van der Waals surface area contributed by atoms with E-state index in [9.17, 15) is 22.0 Å². The minimum absolute atomic E-state index is 0.124. The number of nitrogens with one attached hydrogen (secondary N) is 1. The zero-order valence-electron chi connectivity index (χ0n) is 12.4.